The molecule has 2 aromatic carbocycles. The Labute approximate surface area is 176 Å². The van der Waals surface area contributed by atoms with Gasteiger partial charge in [-0.2, -0.15) is 4.31 Å². The van der Waals surface area contributed by atoms with Crippen molar-refractivity contribution < 1.29 is 22.4 Å². The predicted octanol–water partition coefficient (Wildman–Crippen LogP) is 3.19. The highest BCUT2D eigenvalue weighted by molar-refractivity contribution is 7.89. The fourth-order valence-corrected chi connectivity index (χ4v) is 4.24. The van der Waals surface area contributed by atoms with Gasteiger partial charge in [-0.1, -0.05) is 30.3 Å². The molecule has 3 rings (SSSR count). The predicted molar refractivity (Wildman–Crippen MR) is 112 cm³/mol. The minimum atomic E-state index is -3.90. The van der Waals surface area contributed by atoms with E-state index < -0.39 is 15.9 Å². The zero-order valence-electron chi connectivity index (χ0n) is 16.7. The zero-order chi connectivity index (χ0) is 21.4. The molecule has 1 aromatic heterocycles. The standard InChI is InChI=1S/C22H24N2O5S/c1-2-28-19-10-12-21(13-11-19)30(26,27)24(16-18-7-4-3-5-8-18)17-22(25)23-15-20-9-6-14-29-20/h3-14H,2,15-17H2,1H3,(H,23,25). The van der Waals surface area contributed by atoms with Gasteiger partial charge in [-0.05, 0) is 48.9 Å². The summed E-state index contributed by atoms with van der Waals surface area (Å²) in [7, 11) is -3.90. The number of furan rings is 1. The number of ether oxygens (including phenoxy) is 1. The first kappa shape index (κ1) is 21.6. The van der Waals surface area contributed by atoms with E-state index in [4.69, 9.17) is 9.15 Å². The molecule has 1 heterocycles. The van der Waals surface area contributed by atoms with Crippen LogP contribution in [0.15, 0.2) is 82.3 Å². The van der Waals surface area contributed by atoms with E-state index in [-0.39, 0.29) is 24.5 Å². The Morgan fingerprint density at radius 3 is 2.40 bits per heavy atom. The van der Waals surface area contributed by atoms with Gasteiger partial charge < -0.3 is 14.5 Å². The van der Waals surface area contributed by atoms with E-state index >= 15 is 0 Å². The van der Waals surface area contributed by atoms with Crippen LogP contribution in [0.1, 0.15) is 18.2 Å². The number of carbonyl (C=O) groups excluding carboxylic acids is 1. The number of hydrogen-bond donors (Lipinski definition) is 1. The summed E-state index contributed by atoms with van der Waals surface area (Å²) in [4.78, 5) is 12.6. The van der Waals surface area contributed by atoms with Crippen molar-refractivity contribution in [2.45, 2.75) is 24.9 Å². The van der Waals surface area contributed by atoms with E-state index in [9.17, 15) is 13.2 Å². The van der Waals surface area contributed by atoms with E-state index in [1.807, 2.05) is 37.3 Å². The molecule has 0 aliphatic rings. The number of rotatable bonds is 10. The lowest BCUT2D eigenvalue weighted by atomic mass is 10.2. The van der Waals surface area contributed by atoms with Gasteiger partial charge in [-0.15, -0.1) is 0 Å². The van der Waals surface area contributed by atoms with Crippen LogP contribution in [0.25, 0.3) is 0 Å². The quantitative estimate of drug-likeness (QED) is 0.536. The summed E-state index contributed by atoms with van der Waals surface area (Å²) in [6.07, 6.45) is 1.51. The van der Waals surface area contributed by atoms with Crippen LogP contribution in [0.2, 0.25) is 0 Å². The molecule has 0 aliphatic carbocycles. The molecule has 30 heavy (non-hydrogen) atoms. The average Bonchev–Trinajstić information content (AvgIpc) is 3.27. The van der Waals surface area contributed by atoms with Crippen molar-refractivity contribution in [3.05, 3.63) is 84.3 Å². The second kappa shape index (κ2) is 10.1. The van der Waals surface area contributed by atoms with Crippen molar-refractivity contribution in [3.63, 3.8) is 0 Å². The number of hydrogen-bond acceptors (Lipinski definition) is 5. The van der Waals surface area contributed by atoms with Crippen molar-refractivity contribution in [2.24, 2.45) is 0 Å². The minimum Gasteiger partial charge on any atom is -0.494 e. The van der Waals surface area contributed by atoms with E-state index in [0.29, 0.717) is 18.1 Å². The molecule has 0 saturated carbocycles. The molecule has 3 aromatic rings. The molecule has 158 valence electrons. The van der Waals surface area contributed by atoms with Gasteiger partial charge in [0.25, 0.3) is 0 Å². The van der Waals surface area contributed by atoms with Crippen molar-refractivity contribution in [1.82, 2.24) is 9.62 Å². The lowest BCUT2D eigenvalue weighted by Crippen LogP contribution is -2.40. The summed E-state index contributed by atoms with van der Waals surface area (Å²) in [6, 6.07) is 18.8. The average molecular weight is 429 g/mol. The minimum absolute atomic E-state index is 0.0740. The molecular formula is C22H24N2O5S. The van der Waals surface area contributed by atoms with E-state index in [1.54, 1.807) is 24.3 Å². The Balaban J connectivity index is 1.79. The molecule has 0 radical (unpaired) electrons. The molecule has 1 N–H and O–H groups in total. The van der Waals surface area contributed by atoms with Crippen LogP contribution in [-0.4, -0.2) is 31.8 Å². The normalized spacial score (nSPS) is 11.4. The van der Waals surface area contributed by atoms with Crippen molar-refractivity contribution in [2.75, 3.05) is 13.2 Å². The fourth-order valence-electron chi connectivity index (χ4n) is 2.85. The lowest BCUT2D eigenvalue weighted by Gasteiger charge is -2.22. The molecule has 0 spiro atoms. The molecule has 0 atom stereocenters. The number of nitrogens with one attached hydrogen (secondary N) is 1. The van der Waals surface area contributed by atoms with Gasteiger partial charge in [0.2, 0.25) is 15.9 Å². The molecule has 0 aliphatic heterocycles. The Morgan fingerprint density at radius 1 is 1.03 bits per heavy atom. The van der Waals surface area contributed by atoms with E-state index in [0.717, 1.165) is 9.87 Å². The third kappa shape index (κ3) is 5.71. The summed E-state index contributed by atoms with van der Waals surface area (Å²) in [5.41, 5.74) is 0.783. The number of amides is 1. The monoisotopic (exact) mass is 428 g/mol. The number of sulfonamides is 1. The van der Waals surface area contributed by atoms with Crippen LogP contribution in [0, 0.1) is 0 Å². The van der Waals surface area contributed by atoms with Crippen LogP contribution >= 0.6 is 0 Å². The SMILES string of the molecule is CCOc1ccc(S(=O)(=O)N(CC(=O)NCc2ccco2)Cc2ccccc2)cc1. The second-order valence-corrected chi connectivity index (χ2v) is 8.46. The maximum Gasteiger partial charge on any atom is 0.243 e. The van der Waals surface area contributed by atoms with Gasteiger partial charge in [-0.25, -0.2) is 8.42 Å². The molecular weight excluding hydrogens is 404 g/mol. The van der Waals surface area contributed by atoms with Crippen LogP contribution < -0.4 is 10.1 Å². The van der Waals surface area contributed by atoms with Crippen LogP contribution in [0.5, 0.6) is 5.75 Å². The van der Waals surface area contributed by atoms with E-state index in [2.05, 4.69) is 5.32 Å². The topological polar surface area (TPSA) is 88.9 Å². The molecule has 0 bridgehead atoms. The van der Waals surface area contributed by atoms with Crippen LogP contribution in [-0.2, 0) is 27.9 Å². The summed E-state index contributed by atoms with van der Waals surface area (Å²) in [5.74, 6) is 0.756. The first-order valence-electron chi connectivity index (χ1n) is 9.55. The summed E-state index contributed by atoms with van der Waals surface area (Å²) >= 11 is 0. The Morgan fingerprint density at radius 2 is 1.77 bits per heavy atom. The number of carbonyl (C=O) groups is 1. The van der Waals surface area contributed by atoms with E-state index in [1.165, 1.54) is 18.4 Å². The highest BCUT2D eigenvalue weighted by Crippen LogP contribution is 2.21. The number of nitrogens with zero attached hydrogens (tertiary/aromatic N) is 1. The van der Waals surface area contributed by atoms with Crippen molar-refractivity contribution in [3.8, 4) is 5.75 Å². The Kier molecular flexibility index (Phi) is 7.26. The highest BCUT2D eigenvalue weighted by Gasteiger charge is 2.27. The summed E-state index contributed by atoms with van der Waals surface area (Å²) < 4.78 is 38.3. The maximum atomic E-state index is 13.3. The maximum absolute atomic E-state index is 13.3. The zero-order valence-corrected chi connectivity index (χ0v) is 17.5. The third-order valence-electron chi connectivity index (χ3n) is 4.33. The Hall–Kier alpha value is -3.10. The van der Waals surface area contributed by atoms with Crippen molar-refractivity contribution in [1.29, 1.82) is 0 Å². The smallest absolute Gasteiger partial charge is 0.243 e. The van der Waals surface area contributed by atoms with Gasteiger partial charge >= 0.3 is 0 Å². The van der Waals surface area contributed by atoms with Crippen LogP contribution in [0.4, 0.5) is 0 Å². The Bertz CT molecular complexity index is 1030. The molecule has 0 saturated heterocycles. The van der Waals surface area contributed by atoms with Gasteiger partial charge in [-0.3, -0.25) is 4.79 Å². The molecule has 1 amide bonds. The summed E-state index contributed by atoms with van der Waals surface area (Å²) in [6.45, 7) is 2.29. The molecule has 8 heteroatoms. The molecule has 7 nitrogen and oxygen atoms in total. The third-order valence-corrected chi connectivity index (χ3v) is 6.14. The van der Waals surface area contributed by atoms with Gasteiger partial charge in [0.15, 0.2) is 0 Å². The van der Waals surface area contributed by atoms with Crippen molar-refractivity contribution >= 4 is 15.9 Å². The largest absolute Gasteiger partial charge is 0.494 e. The first-order valence-corrected chi connectivity index (χ1v) is 11.0. The van der Waals surface area contributed by atoms with Crippen LogP contribution in [0.3, 0.4) is 0 Å². The highest BCUT2D eigenvalue weighted by atomic mass is 32.2. The number of benzene rings is 2. The van der Waals surface area contributed by atoms with Gasteiger partial charge in [0.1, 0.15) is 11.5 Å². The molecule has 0 unspecified atom stereocenters. The second-order valence-electron chi connectivity index (χ2n) is 6.52. The first-order chi connectivity index (χ1) is 14.5. The lowest BCUT2D eigenvalue weighted by molar-refractivity contribution is -0.121. The van der Waals surface area contributed by atoms with Gasteiger partial charge in [0.05, 0.1) is 30.9 Å². The molecule has 0 fully saturated rings. The summed E-state index contributed by atoms with van der Waals surface area (Å²) in [5, 5.41) is 2.69. The fraction of sp³-hybridized carbons (Fsp3) is 0.227. The van der Waals surface area contributed by atoms with Gasteiger partial charge in [0, 0.05) is 6.54 Å².